The molecule has 0 fully saturated rings. The minimum absolute atomic E-state index is 0. The molecule has 0 rings (SSSR count). The van der Waals surface area contributed by atoms with Gasteiger partial charge in [0.1, 0.15) is 6.79 Å². The minimum Gasteiger partial charge on any atom is -0.371 e. The third kappa shape index (κ3) is 29.2. The van der Waals surface area contributed by atoms with Crippen LogP contribution in [0.5, 0.6) is 0 Å². The van der Waals surface area contributed by atoms with Gasteiger partial charge in [-0.25, -0.2) is 0 Å². The summed E-state index contributed by atoms with van der Waals surface area (Å²) in [6, 6.07) is 0. The maximum atomic E-state index is 8.36. The fraction of sp³-hybridized carbons (Fsp3) is 1.00. The fourth-order valence-electron chi connectivity index (χ4n) is 0.974. The van der Waals surface area contributed by atoms with Crippen LogP contribution in [-0.2, 0) is 37.4 Å². The Morgan fingerprint density at radius 2 is 2.00 bits per heavy atom. The van der Waals surface area contributed by atoms with Crippen molar-refractivity contribution in [3.8, 4) is 0 Å². The monoisotopic (exact) mass is 313 g/mol. The van der Waals surface area contributed by atoms with Crippen molar-refractivity contribution < 1.29 is 52.8 Å². The molecule has 0 saturated heterocycles. The largest absolute Gasteiger partial charge is 0.371 e. The first-order valence-electron chi connectivity index (χ1n) is 4.76. The van der Waals surface area contributed by atoms with Gasteiger partial charge >= 0.3 is 0 Å². The van der Waals surface area contributed by atoms with Gasteiger partial charge in [0.15, 0.2) is 0 Å². The number of nitrogens with two attached hydrogens (primary N) is 1. The SMILES string of the molecule is CC(CCCCN)COCO.O=[N+]([O-])O.[Y]. The molecular formula is C8H20N2O5Y. The molecule has 0 aromatic rings. The van der Waals surface area contributed by atoms with Gasteiger partial charge in [-0.1, -0.05) is 13.3 Å². The smallest absolute Gasteiger partial charge is 0.291 e. The molecule has 1 atom stereocenters. The van der Waals surface area contributed by atoms with E-state index >= 15 is 0 Å². The van der Waals surface area contributed by atoms with Gasteiger partial charge in [0.2, 0.25) is 0 Å². The van der Waals surface area contributed by atoms with E-state index in [-0.39, 0.29) is 39.5 Å². The summed E-state index contributed by atoms with van der Waals surface area (Å²) in [5.74, 6) is 0.536. The average molecular weight is 313 g/mol. The number of hydrogen-bond acceptors (Lipinski definition) is 5. The van der Waals surface area contributed by atoms with Crippen molar-refractivity contribution in [2.75, 3.05) is 19.9 Å². The predicted molar refractivity (Wildman–Crippen MR) is 53.9 cm³/mol. The molecule has 0 bridgehead atoms. The van der Waals surface area contributed by atoms with E-state index in [1.165, 1.54) is 0 Å². The van der Waals surface area contributed by atoms with Gasteiger partial charge in [-0.05, 0) is 25.3 Å². The topological polar surface area (TPSA) is 119 Å². The Morgan fingerprint density at radius 1 is 1.50 bits per heavy atom. The molecule has 0 saturated carbocycles. The third-order valence-corrected chi connectivity index (χ3v) is 1.64. The van der Waals surface area contributed by atoms with E-state index < -0.39 is 5.09 Å². The molecule has 0 amide bonds. The summed E-state index contributed by atoms with van der Waals surface area (Å²) < 4.78 is 4.85. The van der Waals surface area contributed by atoms with Crippen LogP contribution in [0.2, 0.25) is 0 Å². The van der Waals surface area contributed by atoms with E-state index in [0.717, 1.165) is 25.8 Å². The molecule has 1 unspecified atom stereocenters. The maximum Gasteiger partial charge on any atom is 0.291 e. The molecule has 16 heavy (non-hydrogen) atoms. The number of aliphatic hydroxyl groups excluding tert-OH is 1. The summed E-state index contributed by atoms with van der Waals surface area (Å²) in [5.41, 5.74) is 5.34. The van der Waals surface area contributed by atoms with Gasteiger partial charge in [-0.3, -0.25) is 0 Å². The molecular weight excluding hydrogens is 293 g/mol. The van der Waals surface area contributed by atoms with Crippen molar-refractivity contribution >= 4 is 0 Å². The Kier molecular flexibility index (Phi) is 23.6. The summed E-state index contributed by atoms with van der Waals surface area (Å²) in [7, 11) is 0. The van der Waals surface area contributed by atoms with Crippen molar-refractivity contribution in [1.82, 2.24) is 0 Å². The molecule has 7 nitrogen and oxygen atoms in total. The molecule has 0 heterocycles. The van der Waals surface area contributed by atoms with Crippen molar-refractivity contribution in [3.05, 3.63) is 10.1 Å². The van der Waals surface area contributed by atoms with Crippen LogP contribution in [0.3, 0.4) is 0 Å². The van der Waals surface area contributed by atoms with Crippen LogP contribution in [-0.4, -0.2) is 35.3 Å². The van der Waals surface area contributed by atoms with Gasteiger partial charge < -0.3 is 20.8 Å². The van der Waals surface area contributed by atoms with Gasteiger partial charge in [-0.15, -0.1) is 10.1 Å². The van der Waals surface area contributed by atoms with E-state index in [1.54, 1.807) is 0 Å². The Labute approximate surface area is 120 Å². The van der Waals surface area contributed by atoms with Crippen LogP contribution in [0.15, 0.2) is 0 Å². The van der Waals surface area contributed by atoms with Crippen molar-refractivity contribution in [2.45, 2.75) is 26.2 Å². The fourth-order valence-corrected chi connectivity index (χ4v) is 0.974. The van der Waals surface area contributed by atoms with Gasteiger partial charge in [0, 0.05) is 32.7 Å². The minimum atomic E-state index is -1.50. The molecule has 8 heteroatoms. The molecule has 95 valence electrons. The normalized spacial score (nSPS) is 10.7. The number of aliphatic hydroxyl groups is 1. The standard InChI is InChI=1S/C8H19NO2.HNO3.Y/c1-8(6-11-7-10)4-2-3-5-9;2-1(3)4;/h8,10H,2-7,9H2,1H3;(H,2,3,4);. The van der Waals surface area contributed by atoms with E-state index in [9.17, 15) is 0 Å². The number of rotatable bonds is 7. The van der Waals surface area contributed by atoms with Gasteiger partial charge in [-0.2, -0.15) is 0 Å². The quantitative estimate of drug-likeness (QED) is 0.270. The molecule has 0 spiro atoms. The molecule has 0 aliphatic heterocycles. The summed E-state index contributed by atoms with van der Waals surface area (Å²) >= 11 is 0. The van der Waals surface area contributed by atoms with Crippen molar-refractivity contribution in [2.24, 2.45) is 11.7 Å². The van der Waals surface area contributed by atoms with Gasteiger partial charge in [0.25, 0.3) is 5.09 Å². The number of unbranched alkanes of at least 4 members (excludes halogenated alkanes) is 1. The van der Waals surface area contributed by atoms with Crippen LogP contribution in [0.25, 0.3) is 0 Å². The zero-order valence-corrected chi connectivity index (χ0v) is 12.4. The summed E-state index contributed by atoms with van der Waals surface area (Å²) in [6.07, 6.45) is 3.38. The zero-order chi connectivity index (χ0) is 12.1. The Morgan fingerprint density at radius 3 is 2.38 bits per heavy atom. The van der Waals surface area contributed by atoms with E-state index in [2.05, 4.69) is 6.92 Å². The van der Waals surface area contributed by atoms with Crippen LogP contribution < -0.4 is 5.73 Å². The molecule has 0 aliphatic rings. The molecule has 0 aromatic heterocycles. The summed E-state index contributed by atoms with van der Waals surface area (Å²) in [6.45, 7) is 3.38. The second-order valence-electron chi connectivity index (χ2n) is 3.13. The maximum absolute atomic E-state index is 8.36. The predicted octanol–water partition coefficient (Wildman–Crippen LogP) is 0.368. The first kappa shape index (κ1) is 21.5. The molecule has 4 N–H and O–H groups in total. The average Bonchev–Trinajstić information content (AvgIpc) is 2.14. The summed E-state index contributed by atoms with van der Waals surface area (Å²) in [5, 5.41) is 22.0. The van der Waals surface area contributed by atoms with Crippen molar-refractivity contribution in [1.29, 1.82) is 0 Å². The second-order valence-corrected chi connectivity index (χ2v) is 3.13. The van der Waals surface area contributed by atoms with Crippen LogP contribution >= 0.6 is 0 Å². The number of nitrogens with zero attached hydrogens (tertiary/aromatic N) is 1. The number of hydrogen-bond donors (Lipinski definition) is 3. The molecule has 0 aliphatic carbocycles. The Hall–Kier alpha value is 0.184. The van der Waals surface area contributed by atoms with E-state index in [1.807, 2.05) is 0 Å². The summed E-state index contributed by atoms with van der Waals surface area (Å²) in [4.78, 5) is 8.36. The van der Waals surface area contributed by atoms with E-state index in [4.69, 9.17) is 30.9 Å². The Balaban J connectivity index is -0.000000292. The zero-order valence-electron chi connectivity index (χ0n) is 9.54. The molecule has 1 radical (unpaired) electrons. The molecule has 0 aromatic carbocycles. The van der Waals surface area contributed by atoms with Crippen LogP contribution in [0.4, 0.5) is 0 Å². The van der Waals surface area contributed by atoms with Crippen LogP contribution in [0.1, 0.15) is 26.2 Å². The van der Waals surface area contributed by atoms with Gasteiger partial charge in [0.05, 0.1) is 6.61 Å². The van der Waals surface area contributed by atoms with E-state index in [0.29, 0.717) is 12.5 Å². The van der Waals surface area contributed by atoms with Crippen LogP contribution in [0, 0.1) is 16.0 Å². The first-order valence-corrected chi connectivity index (χ1v) is 4.76. The second kappa shape index (κ2) is 17.6. The van der Waals surface area contributed by atoms with Crippen molar-refractivity contribution in [3.63, 3.8) is 0 Å². The number of ether oxygens (including phenoxy) is 1. The third-order valence-electron chi connectivity index (χ3n) is 1.64. The Bertz CT molecular complexity index is 146. The first-order chi connectivity index (χ1) is 7.04.